The van der Waals surface area contributed by atoms with E-state index in [4.69, 9.17) is 0 Å². The van der Waals surface area contributed by atoms with Gasteiger partial charge in [-0.25, -0.2) is 9.37 Å². The average Bonchev–Trinajstić information content (AvgIpc) is 2.86. The number of H-pyrrole nitrogens is 1. The maximum absolute atomic E-state index is 13.7. The standard InChI is InChI=1S/C14H17FN4OS/c1-8(2)16-13(20)9(3)21-14-17-12(18-19-14)10-6-4-5-7-11(10)15/h4-9H,1-3H3,(H,16,20)(H,17,18,19). The van der Waals surface area contributed by atoms with Crippen LogP contribution in [0.1, 0.15) is 20.8 Å². The number of hydrogen-bond acceptors (Lipinski definition) is 4. The number of aromatic amines is 1. The lowest BCUT2D eigenvalue weighted by atomic mass is 10.2. The van der Waals surface area contributed by atoms with Crippen LogP contribution in [0.3, 0.4) is 0 Å². The minimum absolute atomic E-state index is 0.0766. The van der Waals surface area contributed by atoms with Crippen LogP contribution in [0.25, 0.3) is 11.4 Å². The fraction of sp³-hybridized carbons (Fsp3) is 0.357. The number of halogens is 1. The summed E-state index contributed by atoms with van der Waals surface area (Å²) in [6.07, 6.45) is 0. The van der Waals surface area contributed by atoms with E-state index in [2.05, 4.69) is 20.5 Å². The van der Waals surface area contributed by atoms with E-state index in [0.717, 1.165) is 0 Å². The highest BCUT2D eigenvalue weighted by molar-refractivity contribution is 8.00. The fourth-order valence-electron chi connectivity index (χ4n) is 1.69. The van der Waals surface area contributed by atoms with Gasteiger partial charge in [-0.15, -0.1) is 5.10 Å². The van der Waals surface area contributed by atoms with E-state index in [1.807, 2.05) is 13.8 Å². The van der Waals surface area contributed by atoms with Gasteiger partial charge in [-0.3, -0.25) is 9.89 Å². The van der Waals surface area contributed by atoms with E-state index in [0.29, 0.717) is 16.5 Å². The molecule has 0 saturated heterocycles. The minimum atomic E-state index is -0.365. The Balaban J connectivity index is 2.07. The van der Waals surface area contributed by atoms with Crippen LogP contribution < -0.4 is 5.32 Å². The smallest absolute Gasteiger partial charge is 0.233 e. The SMILES string of the molecule is CC(C)NC(=O)C(C)Sc1n[nH]c(-c2ccccc2F)n1. The first-order chi connectivity index (χ1) is 9.97. The van der Waals surface area contributed by atoms with Gasteiger partial charge in [-0.2, -0.15) is 0 Å². The summed E-state index contributed by atoms with van der Waals surface area (Å²) in [6.45, 7) is 5.58. The number of nitrogens with zero attached hydrogens (tertiary/aromatic N) is 2. The van der Waals surface area contributed by atoms with Crippen molar-refractivity contribution >= 4 is 17.7 Å². The molecule has 5 nitrogen and oxygen atoms in total. The molecule has 0 bridgehead atoms. The summed E-state index contributed by atoms with van der Waals surface area (Å²) in [5.74, 6) is -0.0879. The lowest BCUT2D eigenvalue weighted by Crippen LogP contribution is -2.35. The van der Waals surface area contributed by atoms with Gasteiger partial charge < -0.3 is 5.32 Å². The molecule has 1 amide bonds. The van der Waals surface area contributed by atoms with Crippen LogP contribution in [-0.4, -0.2) is 32.4 Å². The monoisotopic (exact) mass is 308 g/mol. The Hall–Kier alpha value is -1.89. The number of nitrogens with one attached hydrogen (secondary N) is 2. The molecule has 112 valence electrons. The highest BCUT2D eigenvalue weighted by Crippen LogP contribution is 2.24. The van der Waals surface area contributed by atoms with Crippen LogP contribution in [0.4, 0.5) is 4.39 Å². The third-order valence-corrected chi connectivity index (χ3v) is 3.64. The molecule has 2 rings (SSSR count). The Morgan fingerprint density at radius 3 is 2.71 bits per heavy atom. The van der Waals surface area contributed by atoms with Gasteiger partial charge in [0.2, 0.25) is 11.1 Å². The average molecular weight is 308 g/mol. The number of carbonyl (C=O) groups is 1. The summed E-state index contributed by atoms with van der Waals surface area (Å²) >= 11 is 1.23. The number of rotatable bonds is 5. The Bertz CT molecular complexity index is 629. The number of benzene rings is 1. The summed E-state index contributed by atoms with van der Waals surface area (Å²) < 4.78 is 13.7. The first kappa shape index (κ1) is 15.5. The van der Waals surface area contributed by atoms with E-state index in [9.17, 15) is 9.18 Å². The lowest BCUT2D eigenvalue weighted by molar-refractivity contribution is -0.120. The van der Waals surface area contributed by atoms with Crippen LogP contribution in [0.15, 0.2) is 29.4 Å². The first-order valence-electron chi connectivity index (χ1n) is 6.61. The molecule has 0 fully saturated rings. The van der Waals surface area contributed by atoms with Crippen molar-refractivity contribution in [1.29, 1.82) is 0 Å². The Morgan fingerprint density at radius 2 is 2.05 bits per heavy atom. The molecule has 1 aromatic heterocycles. The number of aromatic nitrogens is 3. The van der Waals surface area contributed by atoms with Crippen molar-refractivity contribution in [3.63, 3.8) is 0 Å². The van der Waals surface area contributed by atoms with Crippen molar-refractivity contribution in [3.8, 4) is 11.4 Å². The topological polar surface area (TPSA) is 70.7 Å². The van der Waals surface area contributed by atoms with Crippen molar-refractivity contribution in [2.75, 3.05) is 0 Å². The van der Waals surface area contributed by atoms with Crippen LogP contribution in [0.2, 0.25) is 0 Å². The molecule has 7 heteroatoms. The van der Waals surface area contributed by atoms with Crippen LogP contribution in [-0.2, 0) is 4.79 Å². The van der Waals surface area contributed by atoms with Crippen LogP contribution >= 0.6 is 11.8 Å². The van der Waals surface area contributed by atoms with Gasteiger partial charge in [0.25, 0.3) is 0 Å². The van der Waals surface area contributed by atoms with Gasteiger partial charge in [0.15, 0.2) is 5.82 Å². The summed E-state index contributed by atoms with van der Waals surface area (Å²) in [6, 6.07) is 6.42. The predicted molar refractivity (Wildman–Crippen MR) is 80.4 cm³/mol. The second-order valence-electron chi connectivity index (χ2n) is 4.87. The summed E-state index contributed by atoms with van der Waals surface area (Å²) in [5.41, 5.74) is 0.358. The van der Waals surface area contributed by atoms with E-state index >= 15 is 0 Å². The molecule has 0 aliphatic heterocycles. The summed E-state index contributed by atoms with van der Waals surface area (Å²) in [5, 5.41) is 9.63. The number of thioether (sulfide) groups is 1. The summed E-state index contributed by atoms with van der Waals surface area (Å²) in [4.78, 5) is 16.1. The van der Waals surface area contributed by atoms with Crippen molar-refractivity contribution in [3.05, 3.63) is 30.1 Å². The molecule has 0 spiro atoms. The third kappa shape index (κ3) is 4.04. The van der Waals surface area contributed by atoms with Gasteiger partial charge in [0.05, 0.1) is 10.8 Å². The van der Waals surface area contributed by atoms with Gasteiger partial charge >= 0.3 is 0 Å². The lowest BCUT2D eigenvalue weighted by Gasteiger charge is -2.12. The van der Waals surface area contributed by atoms with Crippen LogP contribution in [0.5, 0.6) is 0 Å². The molecule has 0 radical (unpaired) electrons. The molecule has 1 aromatic carbocycles. The molecular weight excluding hydrogens is 291 g/mol. The predicted octanol–water partition coefficient (Wildman–Crippen LogP) is 2.62. The van der Waals surface area contributed by atoms with Gasteiger partial charge in [-0.05, 0) is 32.9 Å². The molecule has 1 heterocycles. The van der Waals surface area contributed by atoms with Crippen LogP contribution in [0, 0.1) is 5.82 Å². The number of hydrogen-bond donors (Lipinski definition) is 2. The van der Waals surface area contributed by atoms with Crippen molar-refractivity contribution in [1.82, 2.24) is 20.5 Å². The minimum Gasteiger partial charge on any atom is -0.353 e. The molecule has 0 aliphatic rings. The van der Waals surface area contributed by atoms with Crippen molar-refractivity contribution in [2.45, 2.75) is 37.2 Å². The van der Waals surface area contributed by atoms with E-state index in [1.54, 1.807) is 25.1 Å². The van der Waals surface area contributed by atoms with Gasteiger partial charge in [-0.1, -0.05) is 23.9 Å². The van der Waals surface area contributed by atoms with E-state index < -0.39 is 0 Å². The number of amides is 1. The molecule has 1 atom stereocenters. The highest BCUT2D eigenvalue weighted by atomic mass is 32.2. The second-order valence-corrected chi connectivity index (χ2v) is 6.18. The molecule has 0 aliphatic carbocycles. The zero-order valence-electron chi connectivity index (χ0n) is 12.1. The quantitative estimate of drug-likeness (QED) is 0.833. The zero-order valence-corrected chi connectivity index (χ0v) is 12.9. The first-order valence-corrected chi connectivity index (χ1v) is 7.49. The molecule has 21 heavy (non-hydrogen) atoms. The van der Waals surface area contributed by atoms with E-state index in [1.165, 1.54) is 17.8 Å². The summed E-state index contributed by atoms with van der Waals surface area (Å²) in [7, 11) is 0. The van der Waals surface area contributed by atoms with Gasteiger partial charge in [0.1, 0.15) is 5.82 Å². The van der Waals surface area contributed by atoms with E-state index in [-0.39, 0.29) is 23.0 Å². The molecule has 2 aromatic rings. The van der Waals surface area contributed by atoms with Crippen molar-refractivity contribution < 1.29 is 9.18 Å². The normalized spacial score (nSPS) is 12.4. The molecular formula is C14H17FN4OS. The molecule has 2 N–H and O–H groups in total. The van der Waals surface area contributed by atoms with Gasteiger partial charge in [0, 0.05) is 6.04 Å². The number of carbonyl (C=O) groups excluding carboxylic acids is 1. The van der Waals surface area contributed by atoms with Crippen molar-refractivity contribution in [2.24, 2.45) is 0 Å². The molecule has 1 unspecified atom stereocenters. The Labute approximate surface area is 126 Å². The maximum atomic E-state index is 13.7. The zero-order chi connectivity index (χ0) is 15.4. The Morgan fingerprint density at radius 1 is 1.33 bits per heavy atom. The second kappa shape index (κ2) is 6.71. The third-order valence-electron chi connectivity index (χ3n) is 2.68. The maximum Gasteiger partial charge on any atom is 0.233 e. The Kier molecular flexibility index (Phi) is 4.95. The molecule has 0 saturated carbocycles. The highest BCUT2D eigenvalue weighted by Gasteiger charge is 2.18. The largest absolute Gasteiger partial charge is 0.353 e. The fourth-order valence-corrected chi connectivity index (χ4v) is 2.42.